The van der Waals surface area contributed by atoms with Crippen LogP contribution >= 0.6 is 0 Å². The van der Waals surface area contributed by atoms with E-state index in [1.54, 1.807) is 0 Å². The highest BCUT2D eigenvalue weighted by molar-refractivity contribution is 5.33. The molecule has 0 amide bonds. The molecule has 118 valence electrons. The standard InChI is InChI=1S/C20H27NO/c1-15-6-8-18(9-7-15)19(14-21)5-4-10-22-20-12-16(2)11-17(3)13-20/h6-9,11-13,19H,4-5,10,14,21H2,1-3H3. The molecule has 2 N–H and O–H groups in total. The van der Waals surface area contributed by atoms with Crippen molar-refractivity contribution in [1.82, 2.24) is 0 Å². The zero-order chi connectivity index (χ0) is 15.9. The van der Waals surface area contributed by atoms with Crippen LogP contribution < -0.4 is 10.5 Å². The van der Waals surface area contributed by atoms with Crippen LogP contribution in [0.5, 0.6) is 5.75 Å². The Hall–Kier alpha value is -1.80. The molecule has 0 aliphatic rings. The molecule has 0 radical (unpaired) electrons. The SMILES string of the molecule is Cc1ccc(C(CN)CCCOc2cc(C)cc(C)c2)cc1. The monoisotopic (exact) mass is 297 g/mol. The van der Waals surface area contributed by atoms with E-state index in [9.17, 15) is 0 Å². The number of rotatable bonds is 7. The maximum atomic E-state index is 5.94. The van der Waals surface area contributed by atoms with Gasteiger partial charge in [0.1, 0.15) is 5.75 Å². The fourth-order valence-electron chi connectivity index (χ4n) is 2.80. The van der Waals surface area contributed by atoms with Crippen LogP contribution in [0.1, 0.15) is 41.0 Å². The number of hydrogen-bond acceptors (Lipinski definition) is 2. The summed E-state index contributed by atoms with van der Waals surface area (Å²) in [6, 6.07) is 15.0. The molecule has 0 aromatic heterocycles. The van der Waals surface area contributed by atoms with Crippen LogP contribution in [-0.4, -0.2) is 13.2 Å². The molecule has 2 aromatic rings. The summed E-state index contributed by atoms with van der Waals surface area (Å²) < 4.78 is 5.88. The minimum Gasteiger partial charge on any atom is -0.494 e. The summed E-state index contributed by atoms with van der Waals surface area (Å²) in [5, 5.41) is 0. The van der Waals surface area contributed by atoms with E-state index in [-0.39, 0.29) is 0 Å². The average molecular weight is 297 g/mol. The fourth-order valence-corrected chi connectivity index (χ4v) is 2.80. The summed E-state index contributed by atoms with van der Waals surface area (Å²) in [6.07, 6.45) is 2.08. The Labute approximate surface area is 134 Å². The second kappa shape index (κ2) is 8.00. The van der Waals surface area contributed by atoms with Gasteiger partial charge in [0.2, 0.25) is 0 Å². The van der Waals surface area contributed by atoms with Gasteiger partial charge >= 0.3 is 0 Å². The molecule has 0 aliphatic heterocycles. The van der Waals surface area contributed by atoms with Gasteiger partial charge in [-0.3, -0.25) is 0 Å². The highest BCUT2D eigenvalue weighted by atomic mass is 16.5. The van der Waals surface area contributed by atoms with Crippen molar-refractivity contribution in [2.24, 2.45) is 5.73 Å². The van der Waals surface area contributed by atoms with Crippen LogP contribution in [0.2, 0.25) is 0 Å². The van der Waals surface area contributed by atoms with E-state index in [4.69, 9.17) is 10.5 Å². The summed E-state index contributed by atoms with van der Waals surface area (Å²) in [4.78, 5) is 0. The molecule has 2 heteroatoms. The van der Waals surface area contributed by atoms with Gasteiger partial charge in [-0.2, -0.15) is 0 Å². The normalized spacial score (nSPS) is 12.2. The van der Waals surface area contributed by atoms with E-state index in [1.165, 1.54) is 22.3 Å². The molecular formula is C20H27NO. The predicted octanol–water partition coefficient (Wildman–Crippen LogP) is 4.51. The van der Waals surface area contributed by atoms with Crippen molar-refractivity contribution in [3.63, 3.8) is 0 Å². The largest absolute Gasteiger partial charge is 0.494 e. The Morgan fingerprint density at radius 1 is 0.909 bits per heavy atom. The quantitative estimate of drug-likeness (QED) is 0.763. The average Bonchev–Trinajstić information content (AvgIpc) is 2.48. The Balaban J connectivity index is 1.82. The number of hydrogen-bond donors (Lipinski definition) is 1. The minimum atomic E-state index is 0.420. The molecule has 2 aromatic carbocycles. The molecule has 2 nitrogen and oxygen atoms in total. The molecule has 0 aliphatic carbocycles. The van der Waals surface area contributed by atoms with Gasteiger partial charge in [0.05, 0.1) is 6.61 Å². The third-order valence-electron chi connectivity index (χ3n) is 3.99. The molecule has 1 unspecified atom stereocenters. The van der Waals surface area contributed by atoms with Crippen LogP contribution in [0.3, 0.4) is 0 Å². The van der Waals surface area contributed by atoms with Crippen molar-refractivity contribution < 1.29 is 4.74 Å². The van der Waals surface area contributed by atoms with Gasteiger partial charge in [0.15, 0.2) is 0 Å². The molecule has 1 atom stereocenters. The smallest absolute Gasteiger partial charge is 0.119 e. The lowest BCUT2D eigenvalue weighted by Gasteiger charge is -2.16. The first-order valence-corrected chi connectivity index (χ1v) is 8.06. The zero-order valence-electron chi connectivity index (χ0n) is 13.9. The maximum Gasteiger partial charge on any atom is 0.119 e. The van der Waals surface area contributed by atoms with E-state index in [0.29, 0.717) is 12.5 Å². The van der Waals surface area contributed by atoms with Gasteiger partial charge in [0.25, 0.3) is 0 Å². The van der Waals surface area contributed by atoms with E-state index in [1.807, 2.05) is 0 Å². The molecule has 0 saturated heterocycles. The molecule has 22 heavy (non-hydrogen) atoms. The van der Waals surface area contributed by atoms with Crippen molar-refractivity contribution in [2.45, 2.75) is 39.5 Å². The van der Waals surface area contributed by atoms with Crippen molar-refractivity contribution in [2.75, 3.05) is 13.2 Å². The summed E-state index contributed by atoms with van der Waals surface area (Å²) in [7, 11) is 0. The predicted molar refractivity (Wildman–Crippen MR) is 93.6 cm³/mol. The van der Waals surface area contributed by atoms with Gasteiger partial charge in [-0.25, -0.2) is 0 Å². The van der Waals surface area contributed by atoms with E-state index in [0.717, 1.165) is 25.2 Å². The summed E-state index contributed by atoms with van der Waals surface area (Å²) in [5.41, 5.74) is 11.0. The molecule has 0 saturated carbocycles. The summed E-state index contributed by atoms with van der Waals surface area (Å²) >= 11 is 0. The Morgan fingerprint density at radius 3 is 2.14 bits per heavy atom. The molecular weight excluding hydrogens is 270 g/mol. The lowest BCUT2D eigenvalue weighted by molar-refractivity contribution is 0.301. The topological polar surface area (TPSA) is 35.2 Å². The first-order chi connectivity index (χ1) is 10.6. The number of nitrogens with two attached hydrogens (primary N) is 1. The van der Waals surface area contributed by atoms with Gasteiger partial charge in [-0.05, 0) is 74.9 Å². The first-order valence-electron chi connectivity index (χ1n) is 8.06. The van der Waals surface area contributed by atoms with Gasteiger partial charge in [0, 0.05) is 0 Å². The van der Waals surface area contributed by atoms with Gasteiger partial charge in [-0.15, -0.1) is 0 Å². The van der Waals surface area contributed by atoms with E-state index >= 15 is 0 Å². The number of aryl methyl sites for hydroxylation is 3. The van der Waals surface area contributed by atoms with Crippen LogP contribution in [-0.2, 0) is 0 Å². The van der Waals surface area contributed by atoms with E-state index < -0.39 is 0 Å². The highest BCUT2D eigenvalue weighted by Crippen LogP contribution is 2.21. The maximum absolute atomic E-state index is 5.94. The molecule has 0 heterocycles. The second-order valence-electron chi connectivity index (χ2n) is 6.16. The molecule has 0 spiro atoms. The second-order valence-corrected chi connectivity index (χ2v) is 6.16. The molecule has 0 bridgehead atoms. The summed E-state index contributed by atoms with van der Waals surface area (Å²) in [5.74, 6) is 1.39. The van der Waals surface area contributed by atoms with Crippen molar-refractivity contribution in [3.05, 3.63) is 64.7 Å². The fraction of sp³-hybridized carbons (Fsp3) is 0.400. The number of ether oxygens (including phenoxy) is 1. The van der Waals surface area contributed by atoms with E-state index in [2.05, 4.69) is 63.2 Å². The zero-order valence-corrected chi connectivity index (χ0v) is 13.9. The van der Waals surface area contributed by atoms with Crippen LogP contribution in [0, 0.1) is 20.8 Å². The van der Waals surface area contributed by atoms with Crippen molar-refractivity contribution in [3.8, 4) is 5.75 Å². The highest BCUT2D eigenvalue weighted by Gasteiger charge is 2.09. The van der Waals surface area contributed by atoms with Crippen LogP contribution in [0.15, 0.2) is 42.5 Å². The van der Waals surface area contributed by atoms with Gasteiger partial charge < -0.3 is 10.5 Å². The number of benzene rings is 2. The van der Waals surface area contributed by atoms with Crippen molar-refractivity contribution in [1.29, 1.82) is 0 Å². The van der Waals surface area contributed by atoms with Crippen molar-refractivity contribution >= 4 is 0 Å². The molecule has 2 rings (SSSR count). The lowest BCUT2D eigenvalue weighted by Crippen LogP contribution is -2.13. The van der Waals surface area contributed by atoms with Crippen LogP contribution in [0.4, 0.5) is 0 Å². The molecule has 0 fully saturated rings. The Bertz CT molecular complexity index is 569. The van der Waals surface area contributed by atoms with Crippen LogP contribution in [0.25, 0.3) is 0 Å². The first kappa shape index (κ1) is 16.6. The third-order valence-corrected chi connectivity index (χ3v) is 3.99. The van der Waals surface area contributed by atoms with Gasteiger partial charge in [-0.1, -0.05) is 35.9 Å². The minimum absolute atomic E-state index is 0.420. The Kier molecular flexibility index (Phi) is 6.02. The summed E-state index contributed by atoms with van der Waals surface area (Å²) in [6.45, 7) is 7.74. The lowest BCUT2D eigenvalue weighted by atomic mass is 9.94. The third kappa shape index (κ3) is 4.88. The Morgan fingerprint density at radius 2 is 1.55 bits per heavy atom.